The van der Waals surface area contributed by atoms with Crippen LogP contribution in [0, 0.1) is 0 Å². The monoisotopic (exact) mass is 454 g/mol. The van der Waals surface area contributed by atoms with E-state index in [9.17, 15) is 14.4 Å². The predicted octanol–water partition coefficient (Wildman–Crippen LogP) is 2.22. The number of carbonyl (C=O) groups is 3. The molecule has 0 radical (unpaired) electrons. The first-order chi connectivity index (χ1) is 16.1. The Balaban J connectivity index is 1.53. The van der Waals surface area contributed by atoms with E-state index in [1.807, 2.05) is 30.3 Å². The Labute approximate surface area is 193 Å². The van der Waals surface area contributed by atoms with Crippen molar-refractivity contribution in [3.8, 4) is 5.75 Å². The summed E-state index contributed by atoms with van der Waals surface area (Å²) in [4.78, 5) is 39.3. The number of hydrogen-bond donors (Lipinski definition) is 1. The average molecular weight is 455 g/mol. The molecule has 2 amide bonds. The molecule has 1 saturated heterocycles. The summed E-state index contributed by atoms with van der Waals surface area (Å²) in [6, 6.07) is 15.7. The van der Waals surface area contributed by atoms with Crippen molar-refractivity contribution in [2.24, 2.45) is 0 Å². The van der Waals surface area contributed by atoms with Gasteiger partial charge in [-0.2, -0.15) is 0 Å². The third kappa shape index (κ3) is 7.32. The summed E-state index contributed by atoms with van der Waals surface area (Å²) < 4.78 is 15.8. The molecule has 1 fully saturated rings. The quantitative estimate of drug-likeness (QED) is 0.413. The molecule has 0 aromatic heterocycles. The molecule has 0 aliphatic carbocycles. The van der Waals surface area contributed by atoms with E-state index < -0.39 is 12.0 Å². The second-order valence-electron chi connectivity index (χ2n) is 7.68. The van der Waals surface area contributed by atoms with Crippen molar-refractivity contribution in [3.05, 3.63) is 65.7 Å². The molecule has 1 unspecified atom stereocenters. The van der Waals surface area contributed by atoms with Crippen LogP contribution in [0.25, 0.3) is 0 Å². The predicted molar refractivity (Wildman–Crippen MR) is 122 cm³/mol. The summed E-state index contributed by atoms with van der Waals surface area (Å²) in [6.07, 6.45) is 1.31. The van der Waals surface area contributed by atoms with Gasteiger partial charge in [0, 0.05) is 25.8 Å². The number of hydrogen-bond acceptors (Lipinski definition) is 6. The van der Waals surface area contributed by atoms with Gasteiger partial charge in [0.25, 0.3) is 5.91 Å². The summed E-state index contributed by atoms with van der Waals surface area (Å²) in [6.45, 7) is 1.80. The maximum Gasteiger partial charge on any atom is 0.308 e. The molecule has 8 nitrogen and oxygen atoms in total. The van der Waals surface area contributed by atoms with Gasteiger partial charge in [-0.3, -0.25) is 14.4 Å². The Hall–Kier alpha value is -3.39. The SMILES string of the molecule is COCCOc1ccc(C(=O)N2CCNC(=O)C2CC(=O)OCCCc2ccccc2)cc1. The minimum Gasteiger partial charge on any atom is -0.491 e. The van der Waals surface area contributed by atoms with Crippen molar-refractivity contribution < 1.29 is 28.6 Å². The molecule has 1 atom stereocenters. The van der Waals surface area contributed by atoms with Crippen LogP contribution in [0.3, 0.4) is 0 Å². The van der Waals surface area contributed by atoms with E-state index >= 15 is 0 Å². The second kappa shape index (κ2) is 12.6. The van der Waals surface area contributed by atoms with Crippen LogP contribution in [-0.4, -0.2) is 68.7 Å². The van der Waals surface area contributed by atoms with E-state index in [1.54, 1.807) is 31.4 Å². The Kier molecular flexibility index (Phi) is 9.26. The number of rotatable bonds is 11. The average Bonchev–Trinajstić information content (AvgIpc) is 2.84. The van der Waals surface area contributed by atoms with Crippen LogP contribution in [0.1, 0.15) is 28.8 Å². The van der Waals surface area contributed by atoms with E-state index in [0.717, 1.165) is 6.42 Å². The number of carbonyl (C=O) groups excluding carboxylic acids is 3. The summed E-state index contributed by atoms with van der Waals surface area (Å²) in [5.41, 5.74) is 1.59. The minimum atomic E-state index is -0.898. The lowest BCUT2D eigenvalue weighted by Crippen LogP contribution is -2.57. The smallest absolute Gasteiger partial charge is 0.308 e. The van der Waals surface area contributed by atoms with E-state index in [2.05, 4.69) is 5.32 Å². The zero-order valence-corrected chi connectivity index (χ0v) is 18.8. The van der Waals surface area contributed by atoms with Crippen molar-refractivity contribution in [1.82, 2.24) is 10.2 Å². The van der Waals surface area contributed by atoms with Gasteiger partial charge < -0.3 is 24.4 Å². The Morgan fingerprint density at radius 2 is 1.79 bits per heavy atom. The van der Waals surface area contributed by atoms with Crippen molar-refractivity contribution >= 4 is 17.8 Å². The van der Waals surface area contributed by atoms with Gasteiger partial charge >= 0.3 is 5.97 Å². The largest absolute Gasteiger partial charge is 0.491 e. The highest BCUT2D eigenvalue weighted by atomic mass is 16.5. The van der Waals surface area contributed by atoms with Crippen molar-refractivity contribution in [2.45, 2.75) is 25.3 Å². The van der Waals surface area contributed by atoms with Crippen LogP contribution >= 0.6 is 0 Å². The van der Waals surface area contributed by atoms with Crippen molar-refractivity contribution in [1.29, 1.82) is 0 Å². The molecule has 1 aliphatic rings. The van der Waals surface area contributed by atoms with Crippen LogP contribution in [-0.2, 0) is 25.5 Å². The highest BCUT2D eigenvalue weighted by Crippen LogP contribution is 2.18. The molecule has 0 spiro atoms. The summed E-state index contributed by atoms with van der Waals surface area (Å²) >= 11 is 0. The van der Waals surface area contributed by atoms with Gasteiger partial charge in [-0.1, -0.05) is 30.3 Å². The molecule has 8 heteroatoms. The number of nitrogens with zero attached hydrogens (tertiary/aromatic N) is 1. The molecular formula is C25H30N2O6. The summed E-state index contributed by atoms with van der Waals surface area (Å²) in [7, 11) is 1.59. The molecule has 0 saturated carbocycles. The van der Waals surface area contributed by atoms with Gasteiger partial charge in [-0.25, -0.2) is 0 Å². The van der Waals surface area contributed by atoms with Crippen LogP contribution < -0.4 is 10.1 Å². The number of ether oxygens (including phenoxy) is 3. The number of methoxy groups -OCH3 is 1. The molecule has 1 aliphatic heterocycles. The number of esters is 1. The van der Waals surface area contributed by atoms with Crippen LogP contribution in [0.5, 0.6) is 5.75 Å². The summed E-state index contributed by atoms with van der Waals surface area (Å²) in [5.74, 6) is -0.536. The first-order valence-corrected chi connectivity index (χ1v) is 11.1. The van der Waals surface area contributed by atoms with Gasteiger partial charge in [0.05, 0.1) is 19.6 Å². The number of amides is 2. The number of piperazine rings is 1. The molecule has 0 bridgehead atoms. The third-order valence-electron chi connectivity index (χ3n) is 5.32. The van der Waals surface area contributed by atoms with E-state index in [0.29, 0.717) is 44.0 Å². The van der Waals surface area contributed by atoms with E-state index in [1.165, 1.54) is 10.5 Å². The first kappa shape index (κ1) is 24.3. The minimum absolute atomic E-state index is 0.179. The maximum atomic E-state index is 13.1. The highest BCUT2D eigenvalue weighted by molar-refractivity contribution is 5.99. The molecule has 1 heterocycles. The molecule has 33 heavy (non-hydrogen) atoms. The molecule has 176 valence electrons. The Morgan fingerprint density at radius 3 is 2.52 bits per heavy atom. The molecule has 2 aromatic rings. The van der Waals surface area contributed by atoms with Crippen molar-refractivity contribution in [2.75, 3.05) is 40.0 Å². The number of aryl methyl sites for hydroxylation is 1. The zero-order chi connectivity index (χ0) is 23.5. The van der Waals surface area contributed by atoms with Crippen LogP contribution in [0.4, 0.5) is 0 Å². The van der Waals surface area contributed by atoms with Crippen LogP contribution in [0.15, 0.2) is 54.6 Å². The highest BCUT2D eigenvalue weighted by Gasteiger charge is 2.35. The fraction of sp³-hybridized carbons (Fsp3) is 0.400. The summed E-state index contributed by atoms with van der Waals surface area (Å²) in [5, 5.41) is 2.73. The Morgan fingerprint density at radius 1 is 1.03 bits per heavy atom. The van der Waals surface area contributed by atoms with E-state index in [4.69, 9.17) is 14.2 Å². The lowest BCUT2D eigenvalue weighted by Gasteiger charge is -2.34. The van der Waals surface area contributed by atoms with Gasteiger partial charge in [0.1, 0.15) is 18.4 Å². The lowest BCUT2D eigenvalue weighted by molar-refractivity contribution is -0.147. The topological polar surface area (TPSA) is 94.2 Å². The van der Waals surface area contributed by atoms with Gasteiger partial charge in [-0.15, -0.1) is 0 Å². The standard InChI is InChI=1S/C25H30N2O6/c1-31-16-17-32-21-11-9-20(10-12-21)25(30)27-14-13-26-24(29)22(27)18-23(28)33-15-5-8-19-6-3-2-4-7-19/h2-4,6-7,9-12,22H,5,8,13-18H2,1H3,(H,26,29). The molecular weight excluding hydrogens is 424 g/mol. The molecule has 1 N–H and O–H groups in total. The first-order valence-electron chi connectivity index (χ1n) is 11.1. The van der Waals surface area contributed by atoms with E-state index in [-0.39, 0.29) is 24.8 Å². The molecule has 2 aromatic carbocycles. The number of benzene rings is 2. The third-order valence-corrected chi connectivity index (χ3v) is 5.32. The fourth-order valence-electron chi connectivity index (χ4n) is 3.59. The van der Waals surface area contributed by atoms with Gasteiger partial charge in [0.2, 0.25) is 5.91 Å². The van der Waals surface area contributed by atoms with Crippen LogP contribution in [0.2, 0.25) is 0 Å². The second-order valence-corrected chi connectivity index (χ2v) is 7.68. The molecule has 3 rings (SSSR count). The number of nitrogens with one attached hydrogen (secondary N) is 1. The Bertz CT molecular complexity index is 916. The van der Waals surface area contributed by atoms with Gasteiger partial charge in [0.15, 0.2) is 0 Å². The zero-order valence-electron chi connectivity index (χ0n) is 18.8. The maximum absolute atomic E-state index is 13.1. The lowest BCUT2D eigenvalue weighted by atomic mass is 10.1. The normalized spacial score (nSPS) is 15.6. The fourth-order valence-corrected chi connectivity index (χ4v) is 3.59. The van der Waals surface area contributed by atoms with Gasteiger partial charge in [-0.05, 0) is 42.7 Å². The van der Waals surface area contributed by atoms with Crippen molar-refractivity contribution in [3.63, 3.8) is 0 Å².